The van der Waals surface area contributed by atoms with Gasteiger partial charge in [0, 0.05) is 19.5 Å². The predicted molar refractivity (Wildman–Crippen MR) is 93.6 cm³/mol. The van der Waals surface area contributed by atoms with Crippen LogP contribution in [0.25, 0.3) is 10.8 Å². The van der Waals surface area contributed by atoms with Gasteiger partial charge in [0.05, 0.1) is 13.0 Å². The summed E-state index contributed by atoms with van der Waals surface area (Å²) >= 11 is 0. The summed E-state index contributed by atoms with van der Waals surface area (Å²) in [5.74, 6) is -0.0405. The molecule has 3 rings (SSSR count). The first-order valence-corrected chi connectivity index (χ1v) is 8.51. The maximum absolute atomic E-state index is 12.5. The monoisotopic (exact) mass is 325 g/mol. The highest BCUT2D eigenvalue weighted by molar-refractivity contribution is 5.86. The van der Waals surface area contributed by atoms with Gasteiger partial charge in [-0.05, 0) is 35.6 Å². The normalized spacial score (nSPS) is 15.5. The summed E-state index contributed by atoms with van der Waals surface area (Å²) in [7, 11) is 1.42. The van der Waals surface area contributed by atoms with E-state index in [0.717, 1.165) is 6.42 Å². The van der Waals surface area contributed by atoms with E-state index in [0.29, 0.717) is 32.4 Å². The van der Waals surface area contributed by atoms with Crippen molar-refractivity contribution in [1.29, 1.82) is 0 Å². The molecule has 1 amide bonds. The molecule has 1 fully saturated rings. The van der Waals surface area contributed by atoms with Crippen LogP contribution in [0.4, 0.5) is 0 Å². The number of benzene rings is 2. The fourth-order valence-electron chi connectivity index (χ4n) is 3.44. The number of likely N-dealkylation sites (tertiary alicyclic amines) is 1. The van der Waals surface area contributed by atoms with Gasteiger partial charge in [0.25, 0.3) is 0 Å². The van der Waals surface area contributed by atoms with Crippen LogP contribution in [0.5, 0.6) is 0 Å². The van der Waals surface area contributed by atoms with Gasteiger partial charge >= 0.3 is 5.97 Å². The molecule has 0 radical (unpaired) electrons. The molecular formula is C20H23NO3. The molecule has 0 atom stereocenters. The van der Waals surface area contributed by atoms with Gasteiger partial charge in [0.2, 0.25) is 5.91 Å². The van der Waals surface area contributed by atoms with Crippen molar-refractivity contribution in [2.75, 3.05) is 20.2 Å². The second-order valence-electron chi connectivity index (χ2n) is 6.32. The molecule has 1 aliphatic rings. The van der Waals surface area contributed by atoms with Gasteiger partial charge in [0.1, 0.15) is 0 Å². The summed E-state index contributed by atoms with van der Waals surface area (Å²) in [6, 6.07) is 14.5. The van der Waals surface area contributed by atoms with E-state index in [4.69, 9.17) is 4.74 Å². The summed E-state index contributed by atoms with van der Waals surface area (Å²) in [6.45, 7) is 1.29. The number of ether oxygens (including phenoxy) is 1. The zero-order chi connectivity index (χ0) is 16.9. The number of aryl methyl sites for hydroxylation is 1. The fraction of sp³-hybridized carbons (Fsp3) is 0.400. The Morgan fingerprint density at radius 1 is 1.08 bits per heavy atom. The van der Waals surface area contributed by atoms with Crippen molar-refractivity contribution in [1.82, 2.24) is 4.90 Å². The summed E-state index contributed by atoms with van der Waals surface area (Å²) in [5, 5.41) is 2.43. The van der Waals surface area contributed by atoms with Crippen LogP contribution < -0.4 is 0 Å². The van der Waals surface area contributed by atoms with Gasteiger partial charge < -0.3 is 9.64 Å². The van der Waals surface area contributed by atoms with Gasteiger partial charge in [-0.15, -0.1) is 0 Å². The molecule has 1 aliphatic heterocycles. The number of nitrogens with zero attached hydrogens (tertiary/aromatic N) is 1. The van der Waals surface area contributed by atoms with Crippen molar-refractivity contribution in [3.63, 3.8) is 0 Å². The Morgan fingerprint density at radius 2 is 1.79 bits per heavy atom. The van der Waals surface area contributed by atoms with Crippen LogP contribution in [0.2, 0.25) is 0 Å². The van der Waals surface area contributed by atoms with Crippen LogP contribution in [0.1, 0.15) is 24.8 Å². The van der Waals surface area contributed by atoms with Crippen molar-refractivity contribution >= 4 is 22.6 Å². The van der Waals surface area contributed by atoms with Crippen LogP contribution in [-0.2, 0) is 20.7 Å². The molecule has 0 N–H and O–H groups in total. The first-order chi connectivity index (χ1) is 11.7. The number of hydrogen-bond donors (Lipinski definition) is 0. The van der Waals surface area contributed by atoms with Crippen LogP contribution in [-0.4, -0.2) is 37.0 Å². The molecular weight excluding hydrogens is 302 g/mol. The number of amides is 1. The zero-order valence-corrected chi connectivity index (χ0v) is 14.0. The molecule has 0 saturated carbocycles. The second-order valence-corrected chi connectivity index (χ2v) is 6.32. The van der Waals surface area contributed by atoms with E-state index in [9.17, 15) is 9.59 Å². The molecule has 0 spiro atoms. The zero-order valence-electron chi connectivity index (χ0n) is 14.0. The van der Waals surface area contributed by atoms with E-state index in [1.165, 1.54) is 23.4 Å². The van der Waals surface area contributed by atoms with Gasteiger partial charge in [-0.1, -0.05) is 42.5 Å². The highest BCUT2D eigenvalue weighted by atomic mass is 16.5. The third kappa shape index (κ3) is 3.58. The lowest BCUT2D eigenvalue weighted by molar-refractivity contribution is -0.148. The van der Waals surface area contributed by atoms with Crippen LogP contribution in [0.15, 0.2) is 42.5 Å². The number of piperidine rings is 1. The summed E-state index contributed by atoms with van der Waals surface area (Å²) in [4.78, 5) is 25.9. The molecule has 126 valence electrons. The minimum Gasteiger partial charge on any atom is -0.469 e. The first kappa shape index (κ1) is 16.5. The smallest absolute Gasteiger partial charge is 0.308 e. The number of methoxy groups -OCH3 is 1. The predicted octanol–water partition coefficient (Wildman–Crippen LogP) is 3.18. The second kappa shape index (κ2) is 7.47. The van der Waals surface area contributed by atoms with Gasteiger partial charge in [-0.2, -0.15) is 0 Å². The third-order valence-electron chi connectivity index (χ3n) is 4.87. The van der Waals surface area contributed by atoms with Gasteiger partial charge in [-0.3, -0.25) is 9.59 Å². The molecule has 0 aromatic heterocycles. The van der Waals surface area contributed by atoms with Crippen molar-refractivity contribution in [3.8, 4) is 0 Å². The average Bonchev–Trinajstić information content (AvgIpc) is 2.65. The molecule has 2 aromatic rings. The number of carbonyl (C=O) groups excluding carboxylic acids is 2. The van der Waals surface area contributed by atoms with E-state index in [-0.39, 0.29) is 17.8 Å². The van der Waals surface area contributed by atoms with Crippen LogP contribution in [0.3, 0.4) is 0 Å². The molecule has 2 aromatic carbocycles. The van der Waals surface area contributed by atoms with Crippen molar-refractivity contribution in [2.45, 2.75) is 25.7 Å². The van der Waals surface area contributed by atoms with E-state index in [1.54, 1.807) is 0 Å². The van der Waals surface area contributed by atoms with Crippen molar-refractivity contribution in [3.05, 3.63) is 48.0 Å². The highest BCUT2D eigenvalue weighted by Gasteiger charge is 2.27. The lowest BCUT2D eigenvalue weighted by atomic mass is 9.96. The van der Waals surface area contributed by atoms with E-state index in [1.807, 2.05) is 23.1 Å². The Morgan fingerprint density at radius 3 is 2.54 bits per heavy atom. The highest BCUT2D eigenvalue weighted by Crippen LogP contribution is 2.22. The quantitative estimate of drug-likeness (QED) is 0.811. The molecule has 0 bridgehead atoms. The van der Waals surface area contributed by atoms with Crippen LogP contribution >= 0.6 is 0 Å². The Labute approximate surface area is 142 Å². The number of esters is 1. The Bertz CT molecular complexity index is 727. The summed E-state index contributed by atoms with van der Waals surface area (Å²) < 4.78 is 4.79. The van der Waals surface area contributed by atoms with E-state index < -0.39 is 0 Å². The summed E-state index contributed by atoms with van der Waals surface area (Å²) in [6.07, 6.45) is 2.66. The van der Waals surface area contributed by atoms with E-state index >= 15 is 0 Å². The molecule has 4 heteroatoms. The lowest BCUT2D eigenvalue weighted by Crippen LogP contribution is -2.40. The van der Waals surface area contributed by atoms with Crippen molar-refractivity contribution < 1.29 is 14.3 Å². The number of fused-ring (bicyclic) bond motifs is 1. The lowest BCUT2D eigenvalue weighted by Gasteiger charge is -2.30. The molecule has 1 heterocycles. The van der Waals surface area contributed by atoms with Crippen molar-refractivity contribution in [2.24, 2.45) is 5.92 Å². The molecule has 0 unspecified atom stereocenters. The molecule has 1 saturated heterocycles. The average molecular weight is 325 g/mol. The number of hydrogen-bond acceptors (Lipinski definition) is 3. The number of carbonyl (C=O) groups is 2. The summed E-state index contributed by atoms with van der Waals surface area (Å²) in [5.41, 5.74) is 1.21. The van der Waals surface area contributed by atoms with Gasteiger partial charge in [-0.25, -0.2) is 0 Å². The third-order valence-corrected chi connectivity index (χ3v) is 4.87. The molecule has 24 heavy (non-hydrogen) atoms. The standard InChI is InChI=1S/C20H23NO3/c1-24-20(23)17-11-13-21(14-12-17)19(22)10-9-16-7-4-6-15-5-2-3-8-18(15)16/h2-8,17H,9-14H2,1H3. The Hall–Kier alpha value is -2.36. The van der Waals surface area contributed by atoms with Gasteiger partial charge in [0.15, 0.2) is 0 Å². The Balaban J connectivity index is 1.57. The maximum atomic E-state index is 12.5. The fourth-order valence-corrected chi connectivity index (χ4v) is 3.44. The minimum absolute atomic E-state index is 0.0582. The minimum atomic E-state index is -0.155. The topological polar surface area (TPSA) is 46.6 Å². The number of rotatable bonds is 4. The first-order valence-electron chi connectivity index (χ1n) is 8.51. The van der Waals surface area contributed by atoms with Crippen LogP contribution in [0, 0.1) is 5.92 Å². The SMILES string of the molecule is COC(=O)C1CCN(C(=O)CCc2cccc3ccccc23)CC1. The largest absolute Gasteiger partial charge is 0.469 e. The Kier molecular flexibility index (Phi) is 5.14. The molecule has 4 nitrogen and oxygen atoms in total. The van der Waals surface area contributed by atoms with E-state index in [2.05, 4.69) is 24.3 Å². The molecule has 0 aliphatic carbocycles. The maximum Gasteiger partial charge on any atom is 0.308 e.